The van der Waals surface area contributed by atoms with Gasteiger partial charge in [-0.1, -0.05) is 29.8 Å². The van der Waals surface area contributed by atoms with Crippen LogP contribution in [0.15, 0.2) is 58.1 Å². The van der Waals surface area contributed by atoms with Gasteiger partial charge >= 0.3 is 5.69 Å². The molecule has 0 aliphatic heterocycles. The second-order valence-corrected chi connectivity index (χ2v) is 7.45. The fourth-order valence-corrected chi connectivity index (χ4v) is 3.19. The molecule has 30 heavy (non-hydrogen) atoms. The van der Waals surface area contributed by atoms with Crippen molar-refractivity contribution in [2.45, 2.75) is 25.4 Å². The lowest BCUT2D eigenvalue weighted by molar-refractivity contribution is 0.0941. The molecule has 2 aromatic carbocycles. The SMILES string of the molecule is COc1cccc(Cn2c(=O)c(C(=O)NC3CC3)nn(-c3cccc(Cl)c3)c2=O)c1. The third-order valence-corrected chi connectivity index (χ3v) is 4.95. The molecule has 4 rings (SSSR count). The molecule has 1 aliphatic carbocycles. The first-order valence-corrected chi connectivity index (χ1v) is 9.78. The Bertz CT molecular complexity index is 1230. The quantitative estimate of drug-likeness (QED) is 0.650. The normalized spacial score (nSPS) is 13.1. The number of hydrogen-bond acceptors (Lipinski definition) is 5. The van der Waals surface area contributed by atoms with Crippen LogP contribution in [0.2, 0.25) is 5.02 Å². The molecule has 0 bridgehead atoms. The summed E-state index contributed by atoms with van der Waals surface area (Å²) in [6.07, 6.45) is 1.72. The zero-order chi connectivity index (χ0) is 21.3. The third-order valence-electron chi connectivity index (χ3n) is 4.72. The fraction of sp³-hybridized carbons (Fsp3) is 0.238. The molecule has 0 radical (unpaired) electrons. The van der Waals surface area contributed by atoms with Gasteiger partial charge in [0.2, 0.25) is 5.69 Å². The van der Waals surface area contributed by atoms with Crippen LogP contribution in [-0.4, -0.2) is 33.4 Å². The van der Waals surface area contributed by atoms with Crippen molar-refractivity contribution in [2.24, 2.45) is 0 Å². The lowest BCUT2D eigenvalue weighted by Gasteiger charge is -2.13. The van der Waals surface area contributed by atoms with Crippen LogP contribution >= 0.6 is 11.6 Å². The van der Waals surface area contributed by atoms with Gasteiger partial charge in [0, 0.05) is 11.1 Å². The van der Waals surface area contributed by atoms with Gasteiger partial charge in [-0.2, -0.15) is 9.78 Å². The summed E-state index contributed by atoms with van der Waals surface area (Å²) < 4.78 is 7.22. The van der Waals surface area contributed by atoms with E-state index in [9.17, 15) is 14.4 Å². The van der Waals surface area contributed by atoms with Crippen molar-refractivity contribution < 1.29 is 9.53 Å². The van der Waals surface area contributed by atoms with Crippen molar-refractivity contribution in [2.75, 3.05) is 7.11 Å². The molecule has 1 heterocycles. The van der Waals surface area contributed by atoms with E-state index in [1.165, 1.54) is 7.11 Å². The first-order valence-electron chi connectivity index (χ1n) is 9.40. The molecule has 0 unspecified atom stereocenters. The Balaban J connectivity index is 1.86. The molecule has 154 valence electrons. The van der Waals surface area contributed by atoms with E-state index >= 15 is 0 Å². The van der Waals surface area contributed by atoms with E-state index in [0.717, 1.165) is 22.1 Å². The molecule has 9 heteroatoms. The molecule has 1 saturated carbocycles. The second kappa shape index (κ2) is 8.16. The number of methoxy groups -OCH3 is 1. The van der Waals surface area contributed by atoms with Gasteiger partial charge in [-0.3, -0.25) is 14.2 Å². The summed E-state index contributed by atoms with van der Waals surface area (Å²) in [5.41, 5.74) is -0.741. The average molecular weight is 427 g/mol. The number of amides is 1. The number of hydrogen-bond donors (Lipinski definition) is 1. The Morgan fingerprint density at radius 1 is 1.20 bits per heavy atom. The Kier molecular flexibility index (Phi) is 5.41. The molecule has 0 spiro atoms. The fourth-order valence-electron chi connectivity index (χ4n) is 3.01. The molecule has 1 aromatic heterocycles. The Labute approximate surface area is 176 Å². The number of carbonyl (C=O) groups is 1. The van der Waals surface area contributed by atoms with E-state index < -0.39 is 17.2 Å². The second-order valence-electron chi connectivity index (χ2n) is 7.01. The first kappa shape index (κ1) is 19.9. The lowest BCUT2D eigenvalue weighted by atomic mass is 10.2. The lowest BCUT2D eigenvalue weighted by Crippen LogP contribution is -2.46. The summed E-state index contributed by atoms with van der Waals surface area (Å²) in [5, 5.41) is 7.23. The van der Waals surface area contributed by atoms with E-state index in [1.54, 1.807) is 48.5 Å². The molecular weight excluding hydrogens is 408 g/mol. The number of benzene rings is 2. The van der Waals surface area contributed by atoms with Gasteiger partial charge in [-0.15, -0.1) is 0 Å². The van der Waals surface area contributed by atoms with Crippen LogP contribution in [0.5, 0.6) is 5.75 Å². The maximum Gasteiger partial charge on any atom is 0.352 e. The molecule has 3 aromatic rings. The first-order chi connectivity index (χ1) is 14.5. The highest BCUT2D eigenvalue weighted by Gasteiger charge is 2.27. The van der Waals surface area contributed by atoms with Crippen molar-refractivity contribution in [1.82, 2.24) is 19.7 Å². The molecular formula is C21H19ClN4O4. The van der Waals surface area contributed by atoms with E-state index in [1.807, 2.05) is 0 Å². The van der Waals surface area contributed by atoms with E-state index in [0.29, 0.717) is 22.0 Å². The number of rotatable bonds is 6. The maximum atomic E-state index is 13.1. The van der Waals surface area contributed by atoms with Crippen molar-refractivity contribution >= 4 is 17.5 Å². The highest BCUT2D eigenvalue weighted by Crippen LogP contribution is 2.19. The number of carbonyl (C=O) groups excluding carboxylic acids is 1. The van der Waals surface area contributed by atoms with Crippen LogP contribution in [0.25, 0.3) is 5.69 Å². The van der Waals surface area contributed by atoms with Crippen LogP contribution in [0.4, 0.5) is 0 Å². The predicted octanol–water partition coefficient (Wildman–Crippen LogP) is 2.00. The third kappa shape index (κ3) is 4.13. The molecule has 1 amide bonds. The number of ether oxygens (including phenoxy) is 1. The van der Waals surface area contributed by atoms with Gasteiger partial charge in [-0.25, -0.2) is 4.79 Å². The smallest absolute Gasteiger partial charge is 0.352 e. The minimum Gasteiger partial charge on any atom is -0.497 e. The topological polar surface area (TPSA) is 95.2 Å². The minimum absolute atomic E-state index is 0.0390. The zero-order valence-electron chi connectivity index (χ0n) is 16.2. The van der Waals surface area contributed by atoms with Gasteiger partial charge in [0.15, 0.2) is 0 Å². The average Bonchev–Trinajstić information content (AvgIpc) is 3.55. The van der Waals surface area contributed by atoms with E-state index in [4.69, 9.17) is 16.3 Å². The van der Waals surface area contributed by atoms with Gasteiger partial charge in [0.05, 0.1) is 19.3 Å². The van der Waals surface area contributed by atoms with Crippen molar-refractivity contribution in [1.29, 1.82) is 0 Å². The van der Waals surface area contributed by atoms with Crippen LogP contribution < -0.4 is 21.3 Å². The standard InChI is InChI=1S/C21H19ClN4O4/c1-30-17-7-2-4-13(10-17)12-25-20(28)18(19(27)23-15-8-9-15)24-26(21(25)29)16-6-3-5-14(22)11-16/h2-7,10-11,15H,8-9,12H2,1H3,(H,23,27). The van der Waals surface area contributed by atoms with E-state index in [-0.39, 0.29) is 18.3 Å². The maximum absolute atomic E-state index is 13.1. The zero-order valence-corrected chi connectivity index (χ0v) is 16.9. The number of halogens is 1. The highest BCUT2D eigenvalue weighted by atomic mass is 35.5. The summed E-state index contributed by atoms with van der Waals surface area (Å²) in [4.78, 5) is 38.8. The molecule has 0 atom stereocenters. The number of aromatic nitrogens is 3. The Hall–Kier alpha value is -3.39. The monoisotopic (exact) mass is 426 g/mol. The Morgan fingerprint density at radius 2 is 1.97 bits per heavy atom. The highest BCUT2D eigenvalue weighted by molar-refractivity contribution is 6.30. The van der Waals surface area contributed by atoms with E-state index in [2.05, 4.69) is 10.4 Å². The molecule has 1 aliphatic rings. The van der Waals surface area contributed by atoms with Gasteiger partial charge in [-0.05, 0) is 48.7 Å². The predicted molar refractivity (Wildman–Crippen MR) is 112 cm³/mol. The Morgan fingerprint density at radius 3 is 2.67 bits per heavy atom. The number of nitrogens with zero attached hydrogens (tertiary/aromatic N) is 3. The van der Waals surface area contributed by atoms with Gasteiger partial charge in [0.1, 0.15) is 5.75 Å². The summed E-state index contributed by atoms with van der Waals surface area (Å²) in [5.74, 6) is -0.00542. The van der Waals surface area contributed by atoms with Gasteiger partial charge in [0.25, 0.3) is 11.5 Å². The van der Waals surface area contributed by atoms with Crippen LogP contribution in [0.3, 0.4) is 0 Å². The van der Waals surface area contributed by atoms with Crippen molar-refractivity contribution in [3.8, 4) is 11.4 Å². The number of nitrogens with one attached hydrogen (secondary N) is 1. The minimum atomic E-state index is -0.751. The molecule has 8 nitrogen and oxygen atoms in total. The van der Waals surface area contributed by atoms with Crippen LogP contribution in [0.1, 0.15) is 28.9 Å². The van der Waals surface area contributed by atoms with Crippen LogP contribution in [-0.2, 0) is 6.54 Å². The summed E-state index contributed by atoms with van der Waals surface area (Å²) in [6, 6.07) is 13.5. The molecule has 1 fully saturated rings. The summed E-state index contributed by atoms with van der Waals surface area (Å²) >= 11 is 6.06. The van der Waals surface area contributed by atoms with Crippen molar-refractivity contribution in [3.63, 3.8) is 0 Å². The van der Waals surface area contributed by atoms with Crippen LogP contribution in [0, 0.1) is 0 Å². The largest absolute Gasteiger partial charge is 0.497 e. The summed E-state index contributed by atoms with van der Waals surface area (Å²) in [7, 11) is 1.53. The van der Waals surface area contributed by atoms with Gasteiger partial charge < -0.3 is 10.1 Å². The molecule has 1 N–H and O–H groups in total. The molecule has 0 saturated heterocycles. The summed E-state index contributed by atoms with van der Waals surface area (Å²) in [6.45, 7) is -0.0400. The van der Waals surface area contributed by atoms with Crippen molar-refractivity contribution in [3.05, 3.63) is 85.6 Å².